The lowest BCUT2D eigenvalue weighted by Gasteiger charge is -2.11. The van der Waals surface area contributed by atoms with Crippen molar-refractivity contribution >= 4 is 33.6 Å². The van der Waals surface area contributed by atoms with Gasteiger partial charge in [0.25, 0.3) is 5.91 Å². The van der Waals surface area contributed by atoms with Crippen LogP contribution in [0.1, 0.15) is 22.5 Å². The van der Waals surface area contributed by atoms with E-state index in [0.717, 1.165) is 32.7 Å². The number of nitriles is 1. The van der Waals surface area contributed by atoms with Gasteiger partial charge in [-0.05, 0) is 80.4 Å². The number of anilines is 1. The first-order valence-corrected chi connectivity index (χ1v) is 10.2. The maximum Gasteiger partial charge on any atom is 0.266 e. The van der Waals surface area contributed by atoms with E-state index in [2.05, 4.69) is 25.8 Å². The van der Waals surface area contributed by atoms with Crippen molar-refractivity contribution < 1.29 is 9.53 Å². The number of halogens is 1. The zero-order valence-electron chi connectivity index (χ0n) is 17.3. The number of aromatic nitrogens is 1. The van der Waals surface area contributed by atoms with Crippen molar-refractivity contribution in [1.82, 2.24) is 4.57 Å². The number of methoxy groups -OCH3 is 1. The van der Waals surface area contributed by atoms with Gasteiger partial charge in [0, 0.05) is 21.5 Å². The fourth-order valence-electron chi connectivity index (χ4n) is 3.33. The van der Waals surface area contributed by atoms with Crippen LogP contribution in [0.15, 0.2) is 58.6 Å². The van der Waals surface area contributed by atoms with Crippen LogP contribution in [-0.4, -0.2) is 17.6 Å². The van der Waals surface area contributed by atoms with Crippen molar-refractivity contribution in [3.8, 4) is 17.5 Å². The summed E-state index contributed by atoms with van der Waals surface area (Å²) in [4.78, 5) is 12.8. The molecule has 0 radical (unpaired) electrons. The fraction of sp³-hybridized carbons (Fsp3) is 0.167. The van der Waals surface area contributed by atoms with E-state index in [1.807, 2.05) is 69.3 Å². The molecule has 0 unspecified atom stereocenters. The Balaban J connectivity index is 1.94. The number of ether oxygens (including phenoxy) is 1. The molecule has 0 bridgehead atoms. The van der Waals surface area contributed by atoms with Crippen LogP contribution in [-0.2, 0) is 4.79 Å². The van der Waals surface area contributed by atoms with Crippen LogP contribution in [0.3, 0.4) is 0 Å². The van der Waals surface area contributed by atoms with E-state index in [-0.39, 0.29) is 5.57 Å². The number of nitrogens with zero attached hydrogens (tertiary/aromatic N) is 2. The highest BCUT2D eigenvalue weighted by Gasteiger charge is 2.15. The summed E-state index contributed by atoms with van der Waals surface area (Å²) in [6.45, 7) is 5.89. The topological polar surface area (TPSA) is 67.0 Å². The number of carbonyl (C=O) groups is 1. The monoisotopic (exact) mass is 463 g/mol. The highest BCUT2D eigenvalue weighted by atomic mass is 79.9. The van der Waals surface area contributed by atoms with Crippen LogP contribution < -0.4 is 10.1 Å². The van der Waals surface area contributed by atoms with Crippen molar-refractivity contribution in [3.63, 3.8) is 0 Å². The molecule has 3 aromatic rings. The number of carbonyl (C=O) groups excluding carboxylic acids is 1. The Hall–Kier alpha value is -3.30. The number of aryl methyl sites for hydroxylation is 2. The quantitative estimate of drug-likeness (QED) is 0.388. The first-order valence-electron chi connectivity index (χ1n) is 9.36. The molecule has 1 amide bonds. The molecule has 2 aromatic carbocycles. The molecule has 0 saturated heterocycles. The third kappa shape index (κ3) is 4.47. The van der Waals surface area contributed by atoms with Gasteiger partial charge in [-0.3, -0.25) is 4.79 Å². The average Bonchev–Trinajstić information content (AvgIpc) is 3.00. The van der Waals surface area contributed by atoms with E-state index in [4.69, 9.17) is 4.74 Å². The molecule has 0 fully saturated rings. The van der Waals surface area contributed by atoms with Crippen molar-refractivity contribution in [2.24, 2.45) is 0 Å². The van der Waals surface area contributed by atoms with E-state index in [9.17, 15) is 10.1 Å². The zero-order chi connectivity index (χ0) is 21.8. The van der Waals surface area contributed by atoms with Crippen LogP contribution in [0.25, 0.3) is 11.8 Å². The van der Waals surface area contributed by atoms with E-state index in [0.29, 0.717) is 11.4 Å². The lowest BCUT2D eigenvalue weighted by molar-refractivity contribution is -0.112. The lowest BCUT2D eigenvalue weighted by atomic mass is 10.1. The van der Waals surface area contributed by atoms with Crippen LogP contribution in [0, 0.1) is 32.1 Å². The normalized spacial score (nSPS) is 11.1. The Morgan fingerprint density at radius 2 is 1.83 bits per heavy atom. The number of nitrogens with one attached hydrogen (secondary N) is 1. The second-order valence-corrected chi connectivity index (χ2v) is 7.88. The second kappa shape index (κ2) is 9.02. The smallest absolute Gasteiger partial charge is 0.266 e. The molecular weight excluding hydrogens is 442 g/mol. The van der Waals surface area contributed by atoms with Crippen molar-refractivity contribution in [2.75, 3.05) is 12.4 Å². The molecule has 30 heavy (non-hydrogen) atoms. The second-order valence-electron chi connectivity index (χ2n) is 6.97. The van der Waals surface area contributed by atoms with Gasteiger partial charge in [0.05, 0.1) is 12.8 Å². The molecule has 3 rings (SSSR count). The molecule has 1 heterocycles. The van der Waals surface area contributed by atoms with Crippen molar-refractivity contribution in [3.05, 3.63) is 81.1 Å². The molecule has 5 nitrogen and oxygen atoms in total. The first-order chi connectivity index (χ1) is 14.3. The first kappa shape index (κ1) is 21.4. The zero-order valence-corrected chi connectivity index (χ0v) is 18.9. The van der Waals surface area contributed by atoms with E-state index in [1.165, 1.54) is 0 Å². The SMILES string of the molecule is COc1ccc(C)cc1NC(=O)/C(C#N)=C/c1cc(C)n(-c2ccc(Br)cc2)c1C. The summed E-state index contributed by atoms with van der Waals surface area (Å²) in [5, 5.41) is 12.4. The summed E-state index contributed by atoms with van der Waals surface area (Å²) in [5.41, 5.74) is 5.33. The summed E-state index contributed by atoms with van der Waals surface area (Å²) in [5.74, 6) is 0.0644. The van der Waals surface area contributed by atoms with Crippen molar-refractivity contribution in [2.45, 2.75) is 20.8 Å². The van der Waals surface area contributed by atoms with Gasteiger partial charge in [-0.2, -0.15) is 5.26 Å². The Bertz CT molecular complexity index is 1170. The molecule has 6 heteroatoms. The van der Waals surface area contributed by atoms with Gasteiger partial charge in [-0.1, -0.05) is 22.0 Å². The standard InChI is InChI=1S/C24H22BrN3O2/c1-15-5-10-23(30-4)22(11-15)27-24(29)19(14-26)13-18-12-16(2)28(17(18)3)21-8-6-20(25)7-9-21/h5-13H,1-4H3,(H,27,29)/b19-13+. The Morgan fingerprint density at radius 1 is 1.13 bits per heavy atom. The van der Waals surface area contributed by atoms with E-state index < -0.39 is 5.91 Å². The van der Waals surface area contributed by atoms with Gasteiger partial charge in [-0.15, -0.1) is 0 Å². The minimum atomic E-state index is -0.477. The summed E-state index contributed by atoms with van der Waals surface area (Å²) in [6.07, 6.45) is 1.62. The van der Waals surface area contributed by atoms with Gasteiger partial charge >= 0.3 is 0 Å². The fourth-order valence-corrected chi connectivity index (χ4v) is 3.60. The minimum Gasteiger partial charge on any atom is -0.495 e. The Labute approximate surface area is 184 Å². The number of hydrogen-bond donors (Lipinski definition) is 1. The van der Waals surface area contributed by atoms with Crippen LogP contribution >= 0.6 is 15.9 Å². The average molecular weight is 464 g/mol. The lowest BCUT2D eigenvalue weighted by Crippen LogP contribution is -2.14. The Morgan fingerprint density at radius 3 is 2.47 bits per heavy atom. The van der Waals surface area contributed by atoms with Gasteiger partial charge in [0.2, 0.25) is 0 Å². The van der Waals surface area contributed by atoms with Crippen molar-refractivity contribution in [1.29, 1.82) is 5.26 Å². The largest absolute Gasteiger partial charge is 0.495 e. The van der Waals surface area contributed by atoms with Gasteiger partial charge in [0.15, 0.2) is 0 Å². The molecule has 0 aliphatic carbocycles. The molecule has 1 N–H and O–H groups in total. The summed E-state index contributed by atoms with van der Waals surface area (Å²) < 4.78 is 8.40. The number of amides is 1. The van der Waals surface area contributed by atoms with Crippen LogP contribution in [0.5, 0.6) is 5.75 Å². The molecule has 1 aromatic heterocycles. The van der Waals surface area contributed by atoms with Crippen LogP contribution in [0.2, 0.25) is 0 Å². The number of benzene rings is 2. The van der Waals surface area contributed by atoms with E-state index in [1.54, 1.807) is 19.3 Å². The summed E-state index contributed by atoms with van der Waals surface area (Å²) >= 11 is 3.45. The van der Waals surface area contributed by atoms with Crippen LogP contribution in [0.4, 0.5) is 5.69 Å². The van der Waals surface area contributed by atoms with Gasteiger partial charge in [-0.25, -0.2) is 0 Å². The van der Waals surface area contributed by atoms with Gasteiger partial charge < -0.3 is 14.6 Å². The molecule has 0 atom stereocenters. The highest BCUT2D eigenvalue weighted by Crippen LogP contribution is 2.27. The highest BCUT2D eigenvalue weighted by molar-refractivity contribution is 9.10. The predicted molar refractivity (Wildman–Crippen MR) is 123 cm³/mol. The molecule has 0 spiro atoms. The molecule has 0 aliphatic heterocycles. The van der Waals surface area contributed by atoms with Gasteiger partial charge in [0.1, 0.15) is 17.4 Å². The molecule has 0 saturated carbocycles. The molecular formula is C24H22BrN3O2. The maximum absolute atomic E-state index is 12.8. The number of rotatable bonds is 5. The summed E-state index contributed by atoms with van der Waals surface area (Å²) in [7, 11) is 1.54. The maximum atomic E-state index is 12.8. The summed E-state index contributed by atoms with van der Waals surface area (Å²) in [6, 6.07) is 17.5. The third-order valence-corrected chi connectivity index (χ3v) is 5.35. The molecule has 152 valence electrons. The van der Waals surface area contributed by atoms with E-state index >= 15 is 0 Å². The third-order valence-electron chi connectivity index (χ3n) is 4.82. The Kier molecular flexibility index (Phi) is 6.43. The minimum absolute atomic E-state index is 0.0228. The molecule has 0 aliphatic rings. The number of hydrogen-bond acceptors (Lipinski definition) is 3. The predicted octanol–water partition coefficient (Wildman–Crippen LogP) is 5.72.